The molecule has 1 heterocycles. The quantitative estimate of drug-likeness (QED) is 0.651. The van der Waals surface area contributed by atoms with E-state index in [0.29, 0.717) is 32.0 Å². The molecule has 0 bridgehead atoms. The summed E-state index contributed by atoms with van der Waals surface area (Å²) in [6, 6.07) is 8.70. The lowest BCUT2D eigenvalue weighted by molar-refractivity contribution is -0.167. The molecular formula is C18H25NO5. The van der Waals surface area contributed by atoms with Gasteiger partial charge in [-0.3, -0.25) is 4.79 Å². The predicted octanol–water partition coefficient (Wildman–Crippen LogP) is 1.68. The fourth-order valence-electron chi connectivity index (χ4n) is 2.46. The number of ether oxygens (including phenoxy) is 4. The van der Waals surface area contributed by atoms with Crippen LogP contribution in [-0.2, 0) is 19.0 Å². The number of rotatable bonds is 5. The topological polar surface area (TPSA) is 80.0 Å². The Kier molecular flexibility index (Phi) is 7.24. The van der Waals surface area contributed by atoms with Gasteiger partial charge in [0.05, 0.1) is 13.2 Å². The van der Waals surface area contributed by atoms with E-state index < -0.39 is 30.3 Å². The second-order valence-electron chi connectivity index (χ2n) is 5.67. The number of benzene rings is 1. The van der Waals surface area contributed by atoms with Crippen molar-refractivity contribution in [1.82, 2.24) is 0 Å². The molecule has 24 heavy (non-hydrogen) atoms. The van der Waals surface area contributed by atoms with Crippen LogP contribution in [0.2, 0.25) is 0 Å². The van der Waals surface area contributed by atoms with Crippen molar-refractivity contribution in [1.29, 1.82) is 0 Å². The molecule has 1 aromatic carbocycles. The zero-order chi connectivity index (χ0) is 17.4. The van der Waals surface area contributed by atoms with Crippen molar-refractivity contribution in [3.63, 3.8) is 0 Å². The highest BCUT2D eigenvalue weighted by molar-refractivity contribution is 5.75. The normalized spacial score (nSPS) is 28.7. The van der Waals surface area contributed by atoms with Gasteiger partial charge in [-0.15, -0.1) is 6.58 Å². The van der Waals surface area contributed by atoms with E-state index in [1.54, 1.807) is 13.0 Å². The zero-order valence-corrected chi connectivity index (χ0v) is 13.9. The molecule has 4 atom stereocenters. The van der Waals surface area contributed by atoms with E-state index in [9.17, 15) is 4.79 Å². The van der Waals surface area contributed by atoms with Crippen molar-refractivity contribution in [2.45, 2.75) is 37.7 Å². The summed E-state index contributed by atoms with van der Waals surface area (Å²) in [5.41, 5.74) is 5.79. The molecule has 1 aliphatic heterocycles. The molecule has 0 spiro atoms. The minimum absolute atomic E-state index is 0.311. The highest BCUT2D eigenvalue weighted by atomic mass is 16.6. The van der Waals surface area contributed by atoms with Crippen LogP contribution in [0.25, 0.3) is 0 Å². The van der Waals surface area contributed by atoms with E-state index in [1.165, 1.54) is 0 Å². The van der Waals surface area contributed by atoms with Crippen LogP contribution >= 0.6 is 0 Å². The van der Waals surface area contributed by atoms with Crippen LogP contribution in [0.15, 0.2) is 43.0 Å². The Balaban J connectivity index is 2.17. The summed E-state index contributed by atoms with van der Waals surface area (Å²) in [4.78, 5) is 12.0. The molecule has 0 aliphatic carbocycles. The van der Waals surface area contributed by atoms with Crippen LogP contribution in [0.5, 0.6) is 5.75 Å². The maximum absolute atomic E-state index is 12.0. The van der Waals surface area contributed by atoms with Gasteiger partial charge in [0, 0.05) is 6.61 Å². The third-order valence-corrected chi connectivity index (χ3v) is 3.73. The number of hydrogen-bond donors (Lipinski definition) is 1. The average molecular weight is 335 g/mol. The lowest BCUT2D eigenvalue weighted by atomic mass is 10.1. The SMILES string of the molecule is C=CCO[C@H]1[C@H](C)OC(=O)[C@@H](N)CCOC[C@@H]1Oc1ccccc1. The number of nitrogens with two attached hydrogens (primary N) is 1. The molecule has 1 fully saturated rings. The van der Waals surface area contributed by atoms with E-state index in [2.05, 4.69) is 6.58 Å². The van der Waals surface area contributed by atoms with Gasteiger partial charge >= 0.3 is 5.97 Å². The summed E-state index contributed by atoms with van der Waals surface area (Å²) in [5, 5.41) is 0. The molecule has 0 radical (unpaired) electrons. The van der Waals surface area contributed by atoms with E-state index in [4.69, 9.17) is 24.7 Å². The second kappa shape index (κ2) is 9.42. The molecule has 0 amide bonds. The third kappa shape index (κ3) is 5.33. The van der Waals surface area contributed by atoms with Gasteiger partial charge in [0.15, 0.2) is 6.10 Å². The first-order valence-electron chi connectivity index (χ1n) is 8.10. The second-order valence-corrected chi connectivity index (χ2v) is 5.67. The van der Waals surface area contributed by atoms with E-state index in [-0.39, 0.29) is 0 Å². The van der Waals surface area contributed by atoms with Crippen molar-refractivity contribution in [3.05, 3.63) is 43.0 Å². The smallest absolute Gasteiger partial charge is 0.323 e. The molecule has 1 aliphatic rings. The highest BCUT2D eigenvalue weighted by Gasteiger charge is 2.34. The first-order valence-corrected chi connectivity index (χ1v) is 8.10. The summed E-state index contributed by atoms with van der Waals surface area (Å²) in [5.74, 6) is 0.240. The molecule has 2 rings (SSSR count). The number of para-hydroxylation sites is 1. The van der Waals surface area contributed by atoms with E-state index in [0.717, 1.165) is 0 Å². The van der Waals surface area contributed by atoms with Crippen LogP contribution < -0.4 is 10.5 Å². The minimum Gasteiger partial charge on any atom is -0.485 e. The summed E-state index contributed by atoms with van der Waals surface area (Å²) < 4.78 is 22.9. The summed E-state index contributed by atoms with van der Waals surface area (Å²) in [6.07, 6.45) is 0.585. The number of hydrogen-bond acceptors (Lipinski definition) is 6. The monoisotopic (exact) mass is 335 g/mol. The molecule has 1 aromatic rings. The maximum atomic E-state index is 12.0. The molecule has 6 heteroatoms. The summed E-state index contributed by atoms with van der Waals surface area (Å²) >= 11 is 0. The zero-order valence-electron chi connectivity index (χ0n) is 13.9. The molecule has 132 valence electrons. The van der Waals surface area contributed by atoms with Gasteiger partial charge in [-0.2, -0.15) is 0 Å². The molecule has 0 aromatic heterocycles. The van der Waals surface area contributed by atoms with Gasteiger partial charge < -0.3 is 24.7 Å². The largest absolute Gasteiger partial charge is 0.485 e. The Morgan fingerprint density at radius 1 is 1.38 bits per heavy atom. The predicted molar refractivity (Wildman–Crippen MR) is 89.8 cm³/mol. The Hall–Kier alpha value is -1.89. The van der Waals surface area contributed by atoms with Crippen molar-refractivity contribution >= 4 is 5.97 Å². The first kappa shape index (κ1) is 18.4. The Morgan fingerprint density at radius 3 is 2.83 bits per heavy atom. The molecule has 6 nitrogen and oxygen atoms in total. The Morgan fingerprint density at radius 2 is 2.12 bits per heavy atom. The van der Waals surface area contributed by atoms with Crippen molar-refractivity contribution < 1.29 is 23.7 Å². The van der Waals surface area contributed by atoms with Gasteiger partial charge in [-0.25, -0.2) is 0 Å². The summed E-state index contributed by atoms with van der Waals surface area (Å²) in [7, 11) is 0. The van der Waals surface area contributed by atoms with Crippen molar-refractivity contribution in [2.24, 2.45) is 5.73 Å². The Labute approximate surface area is 142 Å². The van der Waals surface area contributed by atoms with Gasteiger partial charge in [-0.1, -0.05) is 24.3 Å². The van der Waals surface area contributed by atoms with Gasteiger partial charge in [0.25, 0.3) is 0 Å². The molecule has 0 unspecified atom stereocenters. The standard InChI is InChI=1S/C18H25NO5/c1-3-10-22-17-13(2)23-18(20)15(19)9-11-21-12-16(17)24-14-7-5-4-6-8-14/h3-8,13,15-17H,1,9-12,19H2,2H3/t13-,15-,16-,17-/m0/s1. The van der Waals surface area contributed by atoms with Crippen LogP contribution in [-0.4, -0.2) is 50.1 Å². The molecule has 1 saturated heterocycles. The fourth-order valence-corrected chi connectivity index (χ4v) is 2.46. The average Bonchev–Trinajstić information content (AvgIpc) is 2.58. The van der Waals surface area contributed by atoms with Crippen LogP contribution in [0.4, 0.5) is 0 Å². The van der Waals surface area contributed by atoms with Gasteiger partial charge in [0.2, 0.25) is 0 Å². The van der Waals surface area contributed by atoms with Gasteiger partial charge in [0.1, 0.15) is 24.0 Å². The van der Waals surface area contributed by atoms with Gasteiger partial charge in [-0.05, 0) is 25.5 Å². The Bertz CT molecular complexity index is 521. The molecule has 2 N–H and O–H groups in total. The number of carbonyl (C=O) groups excluding carboxylic acids is 1. The lowest BCUT2D eigenvalue weighted by Gasteiger charge is -2.33. The molecular weight excluding hydrogens is 310 g/mol. The fraction of sp³-hybridized carbons (Fsp3) is 0.500. The third-order valence-electron chi connectivity index (χ3n) is 3.73. The van der Waals surface area contributed by atoms with Crippen LogP contribution in [0, 0.1) is 0 Å². The van der Waals surface area contributed by atoms with Crippen LogP contribution in [0.1, 0.15) is 13.3 Å². The number of carbonyl (C=O) groups is 1. The summed E-state index contributed by atoms with van der Waals surface area (Å²) in [6.45, 7) is 6.40. The highest BCUT2D eigenvalue weighted by Crippen LogP contribution is 2.19. The number of esters is 1. The van der Waals surface area contributed by atoms with E-state index >= 15 is 0 Å². The van der Waals surface area contributed by atoms with Crippen molar-refractivity contribution in [2.75, 3.05) is 19.8 Å². The number of cyclic esters (lactones) is 1. The minimum atomic E-state index is -0.695. The lowest BCUT2D eigenvalue weighted by Crippen LogP contribution is -2.49. The first-order chi connectivity index (χ1) is 11.6. The van der Waals surface area contributed by atoms with Crippen LogP contribution in [0.3, 0.4) is 0 Å². The maximum Gasteiger partial charge on any atom is 0.323 e. The van der Waals surface area contributed by atoms with E-state index in [1.807, 2.05) is 30.3 Å². The molecule has 0 saturated carbocycles. The van der Waals surface area contributed by atoms with Crippen molar-refractivity contribution in [3.8, 4) is 5.75 Å².